The van der Waals surface area contributed by atoms with Crippen LogP contribution in [0.25, 0.3) is 0 Å². The number of ether oxygens (including phenoxy) is 3. The van der Waals surface area contributed by atoms with E-state index in [0.717, 1.165) is 11.1 Å². The molecule has 0 unspecified atom stereocenters. The summed E-state index contributed by atoms with van der Waals surface area (Å²) in [5.74, 6) is -1.18. The fraction of sp³-hybridized carbons (Fsp3) is 0.543. The van der Waals surface area contributed by atoms with E-state index in [1.54, 1.807) is 13.8 Å². The number of carbonyl (C=O) groups excluding carboxylic acids is 4. The van der Waals surface area contributed by atoms with Gasteiger partial charge < -0.3 is 24.8 Å². The predicted octanol–water partition coefficient (Wildman–Crippen LogP) is 2.90. The number of carbonyl (C=O) groups is 4. The van der Waals surface area contributed by atoms with Crippen LogP contribution in [-0.4, -0.2) is 91.0 Å². The average Bonchev–Trinajstić information content (AvgIpc) is 3.75. The van der Waals surface area contributed by atoms with E-state index >= 15 is 0 Å². The molecule has 2 amide bonds. The van der Waals surface area contributed by atoms with Crippen LogP contribution in [0, 0.1) is 5.92 Å². The van der Waals surface area contributed by atoms with E-state index in [4.69, 9.17) is 14.2 Å². The van der Waals surface area contributed by atoms with E-state index < -0.39 is 29.5 Å². The fourth-order valence-corrected chi connectivity index (χ4v) is 5.31. The summed E-state index contributed by atoms with van der Waals surface area (Å²) in [7, 11) is 0. The minimum atomic E-state index is -0.930. The highest BCUT2D eigenvalue weighted by Gasteiger charge is 2.50. The molecule has 0 aromatic heterocycles. The quantitative estimate of drug-likeness (QED) is 0.291. The first-order chi connectivity index (χ1) is 21.3. The van der Waals surface area contributed by atoms with Gasteiger partial charge in [0.05, 0.1) is 38.4 Å². The molecular formula is C35H47N3O7. The van der Waals surface area contributed by atoms with Crippen LogP contribution >= 0.6 is 0 Å². The first-order valence-electron chi connectivity index (χ1n) is 15.7. The second kappa shape index (κ2) is 15.1. The topological polar surface area (TPSA) is 127 Å². The summed E-state index contributed by atoms with van der Waals surface area (Å²) in [5.41, 5.74) is 0.455. The molecule has 0 spiro atoms. The zero-order chi connectivity index (χ0) is 32.6. The Balaban J connectivity index is 1.48. The summed E-state index contributed by atoms with van der Waals surface area (Å²) >= 11 is 0. The Morgan fingerprint density at radius 1 is 0.933 bits per heavy atom. The van der Waals surface area contributed by atoms with Gasteiger partial charge in [0.15, 0.2) is 11.6 Å². The minimum Gasteiger partial charge on any atom is -0.488 e. The lowest BCUT2D eigenvalue weighted by Gasteiger charge is -2.27. The van der Waals surface area contributed by atoms with Gasteiger partial charge >= 0.3 is 0 Å². The Morgan fingerprint density at radius 3 is 2.16 bits per heavy atom. The SMILES string of the molecule is C[C@H](NC(=O)CN1CCOCC1)C(=O)C[C@@H](Cc1ccc(OC(C)(C)C)cc1)C(=O)N[C@@H](Cc1ccccc1)C(=O)[C@@]1(C)CO1. The first kappa shape index (κ1) is 34.3. The monoisotopic (exact) mass is 621 g/mol. The molecule has 2 fully saturated rings. The highest BCUT2D eigenvalue weighted by Crippen LogP contribution is 2.29. The van der Waals surface area contributed by atoms with Crippen molar-refractivity contribution in [2.75, 3.05) is 39.5 Å². The molecule has 2 aliphatic heterocycles. The number of amides is 2. The van der Waals surface area contributed by atoms with Crippen molar-refractivity contribution in [3.63, 3.8) is 0 Å². The van der Waals surface area contributed by atoms with Crippen molar-refractivity contribution >= 4 is 23.4 Å². The van der Waals surface area contributed by atoms with Gasteiger partial charge in [0, 0.05) is 25.4 Å². The summed E-state index contributed by atoms with van der Waals surface area (Å²) < 4.78 is 16.7. The molecule has 4 rings (SSSR count). The van der Waals surface area contributed by atoms with Gasteiger partial charge in [-0.05, 0) is 70.7 Å². The number of hydrogen-bond donors (Lipinski definition) is 2. The van der Waals surface area contributed by atoms with Gasteiger partial charge in [-0.1, -0.05) is 42.5 Å². The number of rotatable bonds is 15. The molecule has 0 bridgehead atoms. The standard InChI is InChI=1S/C35H47N3O7/c1-24(36-31(40)22-38-15-17-43-18-16-38)30(39)21-27(19-26-11-13-28(14-12-26)45-34(2,3)4)33(42)37-29(32(41)35(5)23-44-35)20-25-9-7-6-8-10-25/h6-14,24,27,29H,15-23H2,1-5H3,(H,36,40)(H,37,42)/t24-,27+,29-,35+/m0/s1. The first-order valence-corrected chi connectivity index (χ1v) is 15.7. The predicted molar refractivity (Wildman–Crippen MR) is 170 cm³/mol. The highest BCUT2D eigenvalue weighted by molar-refractivity contribution is 5.98. The second-order valence-corrected chi connectivity index (χ2v) is 13.2. The van der Waals surface area contributed by atoms with Crippen molar-refractivity contribution in [2.45, 2.75) is 77.2 Å². The van der Waals surface area contributed by atoms with E-state index in [1.807, 2.05) is 80.3 Å². The number of hydrogen-bond acceptors (Lipinski definition) is 8. The van der Waals surface area contributed by atoms with Crippen molar-refractivity contribution in [1.29, 1.82) is 0 Å². The lowest BCUT2D eigenvalue weighted by Crippen LogP contribution is -2.50. The molecule has 0 radical (unpaired) electrons. The molecule has 2 N–H and O–H groups in total. The molecule has 45 heavy (non-hydrogen) atoms. The Labute approximate surface area is 266 Å². The lowest BCUT2D eigenvalue weighted by molar-refractivity contribution is -0.134. The van der Waals surface area contributed by atoms with Crippen LogP contribution in [-0.2, 0) is 41.5 Å². The van der Waals surface area contributed by atoms with E-state index in [2.05, 4.69) is 10.6 Å². The van der Waals surface area contributed by atoms with Crippen molar-refractivity contribution < 1.29 is 33.4 Å². The minimum absolute atomic E-state index is 0.106. The number of nitrogens with zero attached hydrogens (tertiary/aromatic N) is 1. The van der Waals surface area contributed by atoms with Gasteiger partial charge in [0.2, 0.25) is 11.8 Å². The number of morpholine rings is 1. The molecule has 4 atom stereocenters. The van der Waals surface area contributed by atoms with Crippen molar-refractivity contribution in [1.82, 2.24) is 15.5 Å². The van der Waals surface area contributed by atoms with Gasteiger partial charge in [-0.25, -0.2) is 0 Å². The lowest BCUT2D eigenvalue weighted by atomic mass is 9.89. The number of benzene rings is 2. The summed E-state index contributed by atoms with van der Waals surface area (Å²) in [4.78, 5) is 55.4. The van der Waals surface area contributed by atoms with Gasteiger partial charge in [-0.3, -0.25) is 24.1 Å². The maximum absolute atomic E-state index is 13.9. The third kappa shape index (κ3) is 10.8. The Hall–Kier alpha value is -3.60. The molecule has 2 heterocycles. The van der Waals surface area contributed by atoms with E-state index in [9.17, 15) is 19.2 Å². The van der Waals surface area contributed by atoms with Crippen LogP contribution in [0.5, 0.6) is 5.75 Å². The number of Topliss-reactive ketones (excluding diaryl/α,β-unsaturated/α-hetero) is 2. The van der Waals surface area contributed by atoms with Gasteiger partial charge in [-0.2, -0.15) is 0 Å². The molecule has 10 heteroatoms. The maximum Gasteiger partial charge on any atom is 0.234 e. The van der Waals surface area contributed by atoms with Crippen LogP contribution in [0.1, 0.15) is 52.2 Å². The average molecular weight is 622 g/mol. The molecule has 2 aromatic carbocycles. The Bertz CT molecular complexity index is 1310. The molecular weight excluding hydrogens is 574 g/mol. The van der Waals surface area contributed by atoms with Crippen LogP contribution in [0.4, 0.5) is 0 Å². The number of nitrogens with one attached hydrogen (secondary N) is 2. The van der Waals surface area contributed by atoms with Crippen LogP contribution in [0.3, 0.4) is 0 Å². The molecule has 0 saturated carbocycles. The van der Waals surface area contributed by atoms with Crippen LogP contribution < -0.4 is 15.4 Å². The smallest absolute Gasteiger partial charge is 0.234 e. The molecule has 2 aliphatic rings. The van der Waals surface area contributed by atoms with Crippen molar-refractivity contribution in [3.05, 3.63) is 65.7 Å². The third-order valence-corrected chi connectivity index (χ3v) is 7.99. The highest BCUT2D eigenvalue weighted by atomic mass is 16.6. The van der Waals surface area contributed by atoms with Crippen LogP contribution in [0.15, 0.2) is 54.6 Å². The fourth-order valence-electron chi connectivity index (χ4n) is 5.31. The second-order valence-electron chi connectivity index (χ2n) is 13.2. The molecule has 2 saturated heterocycles. The normalized spacial score (nSPS) is 20.4. The molecule has 244 valence electrons. The zero-order valence-corrected chi connectivity index (χ0v) is 27.1. The maximum atomic E-state index is 13.9. The van der Waals surface area contributed by atoms with Crippen molar-refractivity contribution in [2.24, 2.45) is 5.92 Å². The molecule has 10 nitrogen and oxygen atoms in total. The summed E-state index contributed by atoms with van der Waals surface area (Å²) in [6.45, 7) is 12.2. The van der Waals surface area contributed by atoms with E-state index in [1.165, 1.54) is 0 Å². The summed E-state index contributed by atoms with van der Waals surface area (Å²) in [6, 6.07) is 15.3. The largest absolute Gasteiger partial charge is 0.488 e. The van der Waals surface area contributed by atoms with Gasteiger partial charge in [0.25, 0.3) is 0 Å². The van der Waals surface area contributed by atoms with Gasteiger partial charge in [0.1, 0.15) is 17.0 Å². The van der Waals surface area contributed by atoms with E-state index in [0.29, 0.717) is 45.1 Å². The van der Waals surface area contributed by atoms with E-state index in [-0.39, 0.29) is 42.5 Å². The van der Waals surface area contributed by atoms with Crippen molar-refractivity contribution in [3.8, 4) is 5.75 Å². The Kier molecular flexibility index (Phi) is 11.5. The zero-order valence-electron chi connectivity index (χ0n) is 27.1. The number of ketones is 2. The van der Waals surface area contributed by atoms with Gasteiger partial charge in [-0.15, -0.1) is 0 Å². The molecule has 2 aromatic rings. The summed E-state index contributed by atoms with van der Waals surface area (Å²) in [6.07, 6.45) is 0.463. The van der Waals surface area contributed by atoms with Crippen LogP contribution in [0.2, 0.25) is 0 Å². The molecule has 0 aliphatic carbocycles. The number of epoxide rings is 1. The third-order valence-electron chi connectivity index (χ3n) is 7.99. The summed E-state index contributed by atoms with van der Waals surface area (Å²) in [5, 5.41) is 5.76. The Morgan fingerprint density at radius 2 is 1.56 bits per heavy atom.